The minimum absolute atomic E-state index is 0.103. The summed E-state index contributed by atoms with van der Waals surface area (Å²) in [7, 11) is 0. The molecule has 0 aliphatic carbocycles. The van der Waals surface area contributed by atoms with E-state index in [1.165, 1.54) is 22.8 Å². The van der Waals surface area contributed by atoms with E-state index in [1.54, 1.807) is 23.1 Å². The number of carbonyl (C=O) groups is 1. The highest BCUT2D eigenvalue weighted by atomic mass is 35.5. The largest absolute Gasteiger partial charge is 0.328 e. The molecule has 1 unspecified atom stereocenters. The Morgan fingerprint density at radius 3 is 2.40 bits per heavy atom. The van der Waals surface area contributed by atoms with Gasteiger partial charge in [0.15, 0.2) is 0 Å². The van der Waals surface area contributed by atoms with Gasteiger partial charge in [-0.3, -0.25) is 14.2 Å². The van der Waals surface area contributed by atoms with Gasteiger partial charge in [-0.05, 0) is 67.3 Å². The third-order valence-corrected chi connectivity index (χ3v) is 7.43. The van der Waals surface area contributed by atoms with Crippen molar-refractivity contribution in [3.8, 4) is 5.69 Å². The summed E-state index contributed by atoms with van der Waals surface area (Å²) in [5, 5.41) is 0.316. The van der Waals surface area contributed by atoms with E-state index < -0.39 is 11.9 Å². The van der Waals surface area contributed by atoms with Crippen molar-refractivity contribution in [3.05, 3.63) is 141 Å². The van der Waals surface area contributed by atoms with Gasteiger partial charge >= 0.3 is 0 Å². The first-order valence-electron chi connectivity index (χ1n) is 13.3. The van der Waals surface area contributed by atoms with E-state index in [-0.39, 0.29) is 16.5 Å². The lowest BCUT2D eigenvalue weighted by Gasteiger charge is -2.33. The number of hydrogen-bond donors (Lipinski definition) is 0. The Labute approximate surface area is 237 Å². The van der Waals surface area contributed by atoms with Crippen LogP contribution in [0, 0.1) is 12.7 Å². The highest BCUT2D eigenvalue weighted by molar-refractivity contribution is 6.30. The summed E-state index contributed by atoms with van der Waals surface area (Å²) in [4.78, 5) is 34.9. The van der Waals surface area contributed by atoms with E-state index in [0.717, 1.165) is 11.1 Å². The Morgan fingerprint density at radius 2 is 1.68 bits per heavy atom. The van der Waals surface area contributed by atoms with E-state index in [1.807, 2.05) is 74.5 Å². The normalized spacial score (nSPS) is 11.9. The molecule has 5 nitrogen and oxygen atoms in total. The second-order valence-electron chi connectivity index (χ2n) is 9.70. The van der Waals surface area contributed by atoms with Crippen LogP contribution in [0.5, 0.6) is 0 Å². The second kappa shape index (κ2) is 11.8. The van der Waals surface area contributed by atoms with E-state index in [4.69, 9.17) is 16.6 Å². The molecular weight excluding hydrogens is 525 g/mol. The van der Waals surface area contributed by atoms with Gasteiger partial charge in [0.25, 0.3) is 11.5 Å². The van der Waals surface area contributed by atoms with Gasteiger partial charge in [0, 0.05) is 12.1 Å². The van der Waals surface area contributed by atoms with Gasteiger partial charge in [-0.25, -0.2) is 9.37 Å². The third-order valence-electron chi connectivity index (χ3n) is 7.14. The van der Waals surface area contributed by atoms with Gasteiger partial charge in [-0.15, -0.1) is 0 Å². The molecule has 5 rings (SSSR count). The molecule has 4 aromatic carbocycles. The molecule has 1 amide bonds. The van der Waals surface area contributed by atoms with Crippen molar-refractivity contribution in [3.63, 3.8) is 0 Å². The lowest BCUT2D eigenvalue weighted by Crippen LogP contribution is -2.40. The van der Waals surface area contributed by atoms with E-state index in [2.05, 4.69) is 0 Å². The van der Waals surface area contributed by atoms with Crippen LogP contribution in [0.2, 0.25) is 5.02 Å². The molecule has 0 N–H and O–H groups in total. The highest BCUT2D eigenvalue weighted by Gasteiger charge is 2.30. The second-order valence-corrected chi connectivity index (χ2v) is 10.1. The average molecular weight is 554 g/mol. The molecule has 0 saturated heterocycles. The molecule has 0 radical (unpaired) electrons. The van der Waals surface area contributed by atoms with Gasteiger partial charge in [0.2, 0.25) is 0 Å². The minimum atomic E-state index is -0.583. The van der Waals surface area contributed by atoms with Crippen LogP contribution in [0.3, 0.4) is 0 Å². The fourth-order valence-electron chi connectivity index (χ4n) is 5.05. The SMILES string of the molecule is CCC(c1nc2ccccc2c(=O)n1-c1ccc(F)c(Cl)c1)N(CCc1ccccc1)C(=O)c1ccccc1C. The van der Waals surface area contributed by atoms with Crippen LogP contribution < -0.4 is 5.56 Å². The number of para-hydroxylation sites is 1. The number of benzene rings is 4. The predicted molar refractivity (Wildman–Crippen MR) is 158 cm³/mol. The van der Waals surface area contributed by atoms with Crippen LogP contribution in [-0.2, 0) is 6.42 Å². The summed E-state index contributed by atoms with van der Waals surface area (Å²) in [6.45, 7) is 4.28. The standard InChI is InChI=1S/C33H29ClFN3O2/c1-3-30(37(20-19-23-12-5-4-6-13-23)32(39)25-14-8-7-11-22(25)2)31-36-29-16-10-9-15-26(29)33(40)38(31)24-17-18-28(35)27(34)21-24/h4-18,21,30H,3,19-20H2,1-2H3. The van der Waals surface area contributed by atoms with Crippen LogP contribution in [0.15, 0.2) is 102 Å². The maximum atomic E-state index is 14.2. The maximum Gasteiger partial charge on any atom is 0.266 e. The number of aryl methyl sites for hydroxylation is 1. The Hall–Kier alpha value is -4.29. The lowest BCUT2D eigenvalue weighted by atomic mass is 10.0. The van der Waals surface area contributed by atoms with E-state index in [9.17, 15) is 14.0 Å². The monoisotopic (exact) mass is 553 g/mol. The van der Waals surface area contributed by atoms with Crippen LogP contribution in [0.4, 0.5) is 4.39 Å². The first-order valence-corrected chi connectivity index (χ1v) is 13.6. The molecule has 0 saturated carbocycles. The van der Waals surface area contributed by atoms with Crippen LogP contribution in [0.25, 0.3) is 16.6 Å². The first kappa shape index (κ1) is 27.3. The molecule has 40 heavy (non-hydrogen) atoms. The molecule has 7 heteroatoms. The molecule has 0 aliphatic heterocycles. The highest BCUT2D eigenvalue weighted by Crippen LogP contribution is 2.29. The van der Waals surface area contributed by atoms with Gasteiger partial charge in [-0.2, -0.15) is 0 Å². The maximum absolute atomic E-state index is 14.2. The van der Waals surface area contributed by atoms with Crippen molar-refractivity contribution in [1.82, 2.24) is 14.5 Å². The van der Waals surface area contributed by atoms with Crippen LogP contribution in [-0.4, -0.2) is 26.9 Å². The van der Waals surface area contributed by atoms with Gasteiger partial charge in [-0.1, -0.05) is 79.2 Å². The number of nitrogens with zero attached hydrogens (tertiary/aromatic N) is 3. The summed E-state index contributed by atoms with van der Waals surface area (Å²) in [6.07, 6.45) is 1.11. The smallest absolute Gasteiger partial charge is 0.266 e. The first-order chi connectivity index (χ1) is 19.4. The minimum Gasteiger partial charge on any atom is -0.328 e. The topological polar surface area (TPSA) is 55.2 Å². The van der Waals surface area contributed by atoms with Gasteiger partial charge < -0.3 is 4.90 Å². The zero-order valence-electron chi connectivity index (χ0n) is 22.4. The number of amides is 1. The zero-order chi connectivity index (χ0) is 28.2. The third kappa shape index (κ3) is 5.40. The quantitative estimate of drug-likeness (QED) is 0.202. The average Bonchev–Trinajstić information content (AvgIpc) is 2.97. The van der Waals surface area contributed by atoms with Crippen molar-refractivity contribution < 1.29 is 9.18 Å². The molecule has 0 aliphatic rings. The lowest BCUT2D eigenvalue weighted by molar-refractivity contribution is 0.0661. The molecule has 0 spiro atoms. The summed E-state index contributed by atoms with van der Waals surface area (Å²) in [5.74, 6) is -0.337. The van der Waals surface area contributed by atoms with Gasteiger partial charge in [0.05, 0.1) is 27.7 Å². The molecule has 5 aromatic rings. The van der Waals surface area contributed by atoms with Crippen molar-refractivity contribution in [2.45, 2.75) is 32.7 Å². The zero-order valence-corrected chi connectivity index (χ0v) is 23.1. The Morgan fingerprint density at radius 1 is 0.975 bits per heavy atom. The van der Waals surface area contributed by atoms with Crippen LogP contribution >= 0.6 is 11.6 Å². The Kier molecular flexibility index (Phi) is 8.08. The predicted octanol–water partition coefficient (Wildman–Crippen LogP) is 7.32. The number of rotatable bonds is 8. The molecule has 1 heterocycles. The molecule has 1 atom stereocenters. The van der Waals surface area contributed by atoms with E-state index in [0.29, 0.717) is 47.4 Å². The Bertz CT molecular complexity index is 1740. The molecular formula is C33H29ClFN3O2. The summed E-state index contributed by atoms with van der Waals surface area (Å²) < 4.78 is 15.6. The van der Waals surface area contributed by atoms with Crippen molar-refractivity contribution >= 4 is 28.4 Å². The number of aromatic nitrogens is 2. The molecule has 202 valence electrons. The number of carbonyl (C=O) groups excluding carboxylic acids is 1. The van der Waals surface area contributed by atoms with Crippen molar-refractivity contribution in [2.75, 3.05) is 6.54 Å². The van der Waals surface area contributed by atoms with E-state index >= 15 is 0 Å². The molecule has 0 bridgehead atoms. The molecule has 0 fully saturated rings. The fraction of sp³-hybridized carbons (Fsp3) is 0.182. The summed E-state index contributed by atoms with van der Waals surface area (Å²) >= 11 is 6.15. The summed E-state index contributed by atoms with van der Waals surface area (Å²) in [5.41, 5.74) is 3.14. The van der Waals surface area contributed by atoms with Crippen molar-refractivity contribution in [1.29, 1.82) is 0 Å². The van der Waals surface area contributed by atoms with Gasteiger partial charge in [0.1, 0.15) is 11.6 Å². The van der Waals surface area contributed by atoms with Crippen molar-refractivity contribution in [2.24, 2.45) is 0 Å². The number of hydrogen-bond acceptors (Lipinski definition) is 3. The Balaban J connectivity index is 1.71. The van der Waals surface area contributed by atoms with Crippen LogP contribution in [0.1, 0.15) is 46.7 Å². The summed E-state index contributed by atoms with van der Waals surface area (Å²) in [6, 6.07) is 28.1. The number of halogens is 2. The number of fused-ring (bicyclic) bond motifs is 1. The molecule has 1 aromatic heterocycles. The fourth-order valence-corrected chi connectivity index (χ4v) is 5.22.